The van der Waals surface area contributed by atoms with Gasteiger partial charge in [0, 0.05) is 17.6 Å². The summed E-state index contributed by atoms with van der Waals surface area (Å²) in [6.45, 7) is 5.41. The third-order valence-corrected chi connectivity index (χ3v) is 3.50. The van der Waals surface area contributed by atoms with Crippen LogP contribution in [0.3, 0.4) is 0 Å². The van der Waals surface area contributed by atoms with E-state index < -0.39 is 11.4 Å². The minimum Gasteiger partial charge on any atom is -0.368 e. The van der Waals surface area contributed by atoms with Crippen LogP contribution in [0, 0.1) is 0 Å². The number of H-pyrrole nitrogens is 1. The molecule has 5 heteroatoms. The summed E-state index contributed by atoms with van der Waals surface area (Å²) in [6.07, 6.45) is 1.68. The number of rotatable bonds is 4. The zero-order chi connectivity index (χ0) is 14.9. The van der Waals surface area contributed by atoms with Crippen LogP contribution in [0.4, 0.5) is 0 Å². The second kappa shape index (κ2) is 5.09. The van der Waals surface area contributed by atoms with Gasteiger partial charge < -0.3 is 10.7 Å². The van der Waals surface area contributed by atoms with Gasteiger partial charge in [0.25, 0.3) is 5.56 Å². The molecule has 0 saturated carbocycles. The summed E-state index contributed by atoms with van der Waals surface area (Å²) in [4.78, 5) is 25.9. The average molecular weight is 273 g/mol. The molecule has 0 bridgehead atoms. The van der Waals surface area contributed by atoms with E-state index in [0.29, 0.717) is 5.39 Å². The summed E-state index contributed by atoms with van der Waals surface area (Å²) in [7, 11) is 0. The van der Waals surface area contributed by atoms with Gasteiger partial charge in [-0.25, -0.2) is 0 Å². The molecule has 1 heterocycles. The monoisotopic (exact) mass is 273 g/mol. The molecule has 0 aliphatic heterocycles. The molecular weight excluding hydrogens is 254 g/mol. The molecule has 0 spiro atoms. The third-order valence-electron chi connectivity index (χ3n) is 3.50. The van der Waals surface area contributed by atoms with Crippen LogP contribution in [-0.4, -0.2) is 16.4 Å². The number of hydrogen-bond donors (Lipinski definition) is 3. The fourth-order valence-electron chi connectivity index (χ4n) is 2.28. The van der Waals surface area contributed by atoms with Crippen LogP contribution in [0.5, 0.6) is 0 Å². The molecule has 0 aliphatic carbocycles. The molecule has 0 aliphatic rings. The van der Waals surface area contributed by atoms with Crippen molar-refractivity contribution >= 4 is 16.7 Å². The number of amides is 1. The first kappa shape index (κ1) is 14.3. The minimum atomic E-state index is -0.823. The first-order chi connectivity index (χ1) is 9.33. The van der Waals surface area contributed by atoms with Gasteiger partial charge in [-0.3, -0.25) is 14.9 Å². The highest BCUT2D eigenvalue weighted by molar-refractivity contribution is 5.86. The molecule has 0 fully saturated rings. The van der Waals surface area contributed by atoms with Crippen molar-refractivity contribution in [2.75, 3.05) is 0 Å². The van der Waals surface area contributed by atoms with Gasteiger partial charge in [-0.15, -0.1) is 0 Å². The van der Waals surface area contributed by atoms with Crippen LogP contribution in [0.25, 0.3) is 10.8 Å². The minimum absolute atomic E-state index is 0.120. The Morgan fingerprint density at radius 2 is 1.90 bits per heavy atom. The number of nitrogens with one attached hydrogen (secondary N) is 2. The van der Waals surface area contributed by atoms with Gasteiger partial charge in [0.05, 0.1) is 5.54 Å². The second-order valence-electron chi connectivity index (χ2n) is 5.47. The summed E-state index contributed by atoms with van der Waals surface area (Å²) < 4.78 is 0. The van der Waals surface area contributed by atoms with Gasteiger partial charge in [-0.1, -0.05) is 18.2 Å². The van der Waals surface area contributed by atoms with Crippen LogP contribution in [0.2, 0.25) is 0 Å². The number of carbonyl (C=O) groups excluding carboxylic acids is 1. The van der Waals surface area contributed by atoms with E-state index in [0.717, 1.165) is 10.9 Å². The molecule has 0 radical (unpaired) electrons. The lowest BCUT2D eigenvalue weighted by Crippen LogP contribution is -2.51. The molecule has 1 amide bonds. The SMILES string of the molecule is CC(NC(C)(C)C(N)=O)c1c[nH]c(=O)c2ccccc12. The number of aromatic nitrogens is 1. The Hall–Kier alpha value is -2.14. The number of fused-ring (bicyclic) bond motifs is 1. The van der Waals surface area contributed by atoms with E-state index in [4.69, 9.17) is 5.73 Å². The summed E-state index contributed by atoms with van der Waals surface area (Å²) >= 11 is 0. The Kier molecular flexibility index (Phi) is 3.63. The van der Waals surface area contributed by atoms with E-state index in [2.05, 4.69) is 10.3 Å². The summed E-state index contributed by atoms with van der Waals surface area (Å²) in [5.41, 5.74) is 5.36. The van der Waals surface area contributed by atoms with E-state index in [1.165, 1.54) is 0 Å². The van der Waals surface area contributed by atoms with Crippen LogP contribution >= 0.6 is 0 Å². The van der Waals surface area contributed by atoms with E-state index in [1.54, 1.807) is 26.1 Å². The van der Waals surface area contributed by atoms with E-state index in [9.17, 15) is 9.59 Å². The lowest BCUT2D eigenvalue weighted by Gasteiger charge is -2.27. The lowest BCUT2D eigenvalue weighted by molar-refractivity contribution is -0.123. The van der Waals surface area contributed by atoms with Gasteiger partial charge in [-0.05, 0) is 37.8 Å². The van der Waals surface area contributed by atoms with Crippen molar-refractivity contribution in [3.63, 3.8) is 0 Å². The summed E-state index contributed by atoms with van der Waals surface area (Å²) in [5.74, 6) is -0.418. The molecule has 4 N–H and O–H groups in total. The zero-order valence-electron chi connectivity index (χ0n) is 11.9. The highest BCUT2D eigenvalue weighted by atomic mass is 16.1. The van der Waals surface area contributed by atoms with E-state index in [-0.39, 0.29) is 11.6 Å². The fourth-order valence-corrected chi connectivity index (χ4v) is 2.28. The van der Waals surface area contributed by atoms with Gasteiger partial charge in [-0.2, -0.15) is 0 Å². The van der Waals surface area contributed by atoms with Crippen molar-refractivity contribution in [3.05, 3.63) is 46.4 Å². The fraction of sp³-hybridized carbons (Fsp3) is 0.333. The molecule has 0 saturated heterocycles. The Balaban J connectivity index is 2.46. The topological polar surface area (TPSA) is 88.0 Å². The van der Waals surface area contributed by atoms with Crippen LogP contribution in [0.1, 0.15) is 32.4 Å². The maximum absolute atomic E-state index is 11.8. The Labute approximate surface area is 117 Å². The summed E-state index contributed by atoms with van der Waals surface area (Å²) in [5, 5.41) is 4.69. The Morgan fingerprint density at radius 1 is 1.30 bits per heavy atom. The molecule has 5 nitrogen and oxygen atoms in total. The van der Waals surface area contributed by atoms with Crippen molar-refractivity contribution in [3.8, 4) is 0 Å². The molecule has 1 unspecified atom stereocenters. The van der Waals surface area contributed by atoms with Crippen molar-refractivity contribution in [2.24, 2.45) is 5.73 Å². The molecule has 1 atom stereocenters. The first-order valence-electron chi connectivity index (χ1n) is 6.51. The largest absolute Gasteiger partial charge is 0.368 e. The number of aromatic amines is 1. The lowest BCUT2D eigenvalue weighted by atomic mass is 9.98. The zero-order valence-corrected chi connectivity index (χ0v) is 11.9. The van der Waals surface area contributed by atoms with Gasteiger partial charge in [0.15, 0.2) is 0 Å². The number of hydrogen-bond acceptors (Lipinski definition) is 3. The van der Waals surface area contributed by atoms with Crippen molar-refractivity contribution in [1.29, 1.82) is 0 Å². The van der Waals surface area contributed by atoms with Crippen LogP contribution < -0.4 is 16.6 Å². The van der Waals surface area contributed by atoms with E-state index >= 15 is 0 Å². The molecule has 1 aromatic heterocycles. The molecule has 20 heavy (non-hydrogen) atoms. The molecule has 2 aromatic rings. The normalized spacial score (nSPS) is 13.3. The third kappa shape index (κ3) is 2.58. The number of carbonyl (C=O) groups is 1. The number of benzene rings is 1. The Bertz CT molecular complexity index is 704. The molecule has 1 aromatic carbocycles. The first-order valence-corrected chi connectivity index (χ1v) is 6.51. The molecule has 2 rings (SSSR count). The van der Waals surface area contributed by atoms with Crippen molar-refractivity contribution in [1.82, 2.24) is 10.3 Å². The standard InChI is InChI=1S/C15H19N3O2/c1-9(18-15(2,3)14(16)20)12-8-17-13(19)11-7-5-4-6-10(11)12/h4-9,18H,1-3H3,(H2,16,20)(H,17,19). The highest BCUT2D eigenvalue weighted by Gasteiger charge is 2.27. The van der Waals surface area contributed by atoms with Gasteiger partial charge in [0.1, 0.15) is 0 Å². The van der Waals surface area contributed by atoms with Crippen molar-refractivity contribution in [2.45, 2.75) is 32.4 Å². The smallest absolute Gasteiger partial charge is 0.255 e. The van der Waals surface area contributed by atoms with Crippen LogP contribution in [-0.2, 0) is 4.79 Å². The predicted octanol–water partition coefficient (Wildman–Crippen LogP) is 1.44. The number of nitrogens with two attached hydrogens (primary N) is 1. The van der Waals surface area contributed by atoms with Crippen molar-refractivity contribution < 1.29 is 4.79 Å². The van der Waals surface area contributed by atoms with E-state index in [1.807, 2.05) is 25.1 Å². The summed E-state index contributed by atoms with van der Waals surface area (Å²) in [6, 6.07) is 7.27. The second-order valence-corrected chi connectivity index (χ2v) is 5.47. The molecule has 106 valence electrons. The average Bonchev–Trinajstić information content (AvgIpc) is 2.38. The highest BCUT2D eigenvalue weighted by Crippen LogP contribution is 2.22. The maximum Gasteiger partial charge on any atom is 0.255 e. The predicted molar refractivity (Wildman–Crippen MR) is 79.4 cm³/mol. The number of primary amides is 1. The quantitative estimate of drug-likeness (QED) is 0.787. The maximum atomic E-state index is 11.8. The van der Waals surface area contributed by atoms with Gasteiger partial charge >= 0.3 is 0 Å². The number of pyridine rings is 1. The van der Waals surface area contributed by atoms with Crippen LogP contribution in [0.15, 0.2) is 35.3 Å². The molecular formula is C15H19N3O2. The Morgan fingerprint density at radius 3 is 2.50 bits per heavy atom. The van der Waals surface area contributed by atoms with Gasteiger partial charge in [0.2, 0.25) is 5.91 Å².